The van der Waals surface area contributed by atoms with E-state index in [-0.39, 0.29) is 16.9 Å². The molecule has 2 aromatic rings. The third kappa shape index (κ3) is 5.44. The molecule has 0 saturated carbocycles. The second-order valence-corrected chi connectivity index (χ2v) is 7.90. The number of amides is 2. The molecule has 12 heteroatoms. The van der Waals surface area contributed by atoms with Gasteiger partial charge in [0.2, 0.25) is 5.95 Å². The summed E-state index contributed by atoms with van der Waals surface area (Å²) in [6.45, 7) is 1.58. The lowest BCUT2D eigenvalue weighted by atomic mass is 10.4. The van der Waals surface area contributed by atoms with Crippen molar-refractivity contribution in [2.24, 2.45) is 0 Å². The minimum atomic E-state index is -4.09. The van der Waals surface area contributed by atoms with Crippen LogP contribution in [0.15, 0.2) is 34.1 Å². The maximum absolute atomic E-state index is 12.5. The van der Waals surface area contributed by atoms with Crippen molar-refractivity contribution in [1.29, 1.82) is 0 Å². The largest absolute Gasteiger partial charge is 0.467 e. The number of thioether (sulfide) groups is 1. The second kappa shape index (κ2) is 9.01. The lowest BCUT2D eigenvalue weighted by molar-refractivity contribution is 0.256. The maximum Gasteiger partial charge on any atom is 0.335 e. The third-order valence-corrected chi connectivity index (χ3v) is 5.84. The smallest absolute Gasteiger partial charge is 0.335 e. The van der Waals surface area contributed by atoms with Gasteiger partial charge in [-0.3, -0.25) is 5.32 Å². The zero-order valence-electron chi connectivity index (χ0n) is 13.9. The summed E-state index contributed by atoms with van der Waals surface area (Å²) in [4.78, 5) is 24.1. The number of urea groups is 1. The SMILES string of the molecule is COc1nc(C)nc(NC(=O)NS(=O)(=O)c2ccccc2SCCCl)n1. The van der Waals surface area contributed by atoms with Gasteiger partial charge in [-0.15, -0.1) is 23.4 Å². The number of carbonyl (C=O) groups excluding carboxylic acids is 1. The average molecular weight is 418 g/mol. The fraction of sp³-hybridized carbons (Fsp3) is 0.286. The van der Waals surface area contributed by atoms with Crippen LogP contribution in [0.2, 0.25) is 0 Å². The summed E-state index contributed by atoms with van der Waals surface area (Å²) >= 11 is 6.93. The highest BCUT2D eigenvalue weighted by atomic mass is 35.5. The molecule has 0 unspecified atom stereocenters. The van der Waals surface area contributed by atoms with E-state index >= 15 is 0 Å². The molecule has 0 radical (unpaired) electrons. The van der Waals surface area contributed by atoms with Crippen molar-refractivity contribution in [3.63, 3.8) is 0 Å². The van der Waals surface area contributed by atoms with Crippen LogP contribution in [-0.2, 0) is 10.0 Å². The molecule has 0 bridgehead atoms. The lowest BCUT2D eigenvalue weighted by Gasteiger charge is -2.11. The number of aromatic nitrogens is 3. The summed E-state index contributed by atoms with van der Waals surface area (Å²) in [5, 5.41) is 2.25. The molecule has 140 valence electrons. The van der Waals surface area contributed by atoms with Gasteiger partial charge < -0.3 is 4.74 Å². The molecule has 2 N–H and O–H groups in total. The Kier molecular flexibility index (Phi) is 7.00. The highest BCUT2D eigenvalue weighted by Gasteiger charge is 2.22. The van der Waals surface area contributed by atoms with Crippen molar-refractivity contribution >= 4 is 45.4 Å². The lowest BCUT2D eigenvalue weighted by Crippen LogP contribution is -2.35. The van der Waals surface area contributed by atoms with Gasteiger partial charge >= 0.3 is 12.0 Å². The van der Waals surface area contributed by atoms with E-state index in [1.807, 2.05) is 4.72 Å². The van der Waals surface area contributed by atoms with Gasteiger partial charge in [0.25, 0.3) is 10.0 Å². The molecule has 0 aliphatic heterocycles. The van der Waals surface area contributed by atoms with E-state index in [2.05, 4.69) is 20.3 Å². The van der Waals surface area contributed by atoms with Gasteiger partial charge in [-0.05, 0) is 19.1 Å². The van der Waals surface area contributed by atoms with Crippen LogP contribution >= 0.6 is 23.4 Å². The molecule has 9 nitrogen and oxygen atoms in total. The Balaban J connectivity index is 2.17. The molecule has 2 rings (SSSR count). The van der Waals surface area contributed by atoms with Crippen LogP contribution in [0.1, 0.15) is 5.82 Å². The first kappa shape index (κ1) is 20.2. The number of carbonyl (C=O) groups is 1. The molecular weight excluding hydrogens is 402 g/mol. The van der Waals surface area contributed by atoms with Crippen LogP contribution in [0.25, 0.3) is 0 Å². The standard InChI is InChI=1S/C14H16ClN5O4S2/c1-9-16-12(19-14(17-9)24-2)18-13(21)20-26(22,23)11-6-4-3-5-10(11)25-8-7-15/h3-6H,7-8H2,1-2H3,(H2,16,17,18,19,20,21). The molecule has 2 amide bonds. The minimum Gasteiger partial charge on any atom is -0.467 e. The fourth-order valence-corrected chi connectivity index (χ4v) is 4.26. The van der Waals surface area contributed by atoms with Crippen molar-refractivity contribution < 1.29 is 17.9 Å². The summed E-state index contributed by atoms with van der Waals surface area (Å²) in [6.07, 6.45) is 0. The van der Waals surface area contributed by atoms with E-state index in [0.717, 1.165) is 0 Å². The van der Waals surface area contributed by atoms with Crippen LogP contribution in [0.3, 0.4) is 0 Å². The quantitative estimate of drug-likeness (QED) is 0.518. The predicted molar refractivity (Wildman–Crippen MR) is 98.3 cm³/mol. The number of nitrogens with zero attached hydrogens (tertiary/aromatic N) is 3. The Morgan fingerprint density at radius 3 is 2.69 bits per heavy atom. The predicted octanol–water partition coefficient (Wildman–Crippen LogP) is 2.03. The van der Waals surface area contributed by atoms with E-state index < -0.39 is 16.1 Å². The normalized spacial score (nSPS) is 11.0. The highest BCUT2D eigenvalue weighted by Crippen LogP contribution is 2.26. The number of halogens is 1. The third-order valence-electron chi connectivity index (χ3n) is 2.84. The van der Waals surface area contributed by atoms with Crippen LogP contribution in [0.5, 0.6) is 6.01 Å². The average Bonchev–Trinajstić information content (AvgIpc) is 2.59. The first-order chi connectivity index (χ1) is 12.4. The molecule has 1 heterocycles. The van der Waals surface area contributed by atoms with E-state index in [1.165, 1.54) is 24.9 Å². The summed E-state index contributed by atoms with van der Waals surface area (Å²) in [5.41, 5.74) is 0. The van der Waals surface area contributed by atoms with Gasteiger partial charge in [0.15, 0.2) is 0 Å². The summed E-state index contributed by atoms with van der Waals surface area (Å²) < 4.78 is 31.8. The number of alkyl halides is 1. The summed E-state index contributed by atoms with van der Waals surface area (Å²) in [5.74, 6) is 1.07. The van der Waals surface area contributed by atoms with E-state index in [4.69, 9.17) is 16.3 Å². The van der Waals surface area contributed by atoms with E-state index in [0.29, 0.717) is 22.4 Å². The zero-order valence-corrected chi connectivity index (χ0v) is 16.3. The Morgan fingerprint density at radius 1 is 1.27 bits per heavy atom. The molecule has 0 aliphatic rings. The van der Waals surface area contributed by atoms with Crippen LogP contribution < -0.4 is 14.8 Å². The summed E-state index contributed by atoms with van der Waals surface area (Å²) in [6, 6.07) is 5.31. The van der Waals surface area contributed by atoms with E-state index in [9.17, 15) is 13.2 Å². The van der Waals surface area contributed by atoms with E-state index in [1.54, 1.807) is 25.1 Å². The van der Waals surface area contributed by atoms with Crippen molar-refractivity contribution in [1.82, 2.24) is 19.7 Å². The summed E-state index contributed by atoms with van der Waals surface area (Å²) in [7, 11) is -2.74. The molecule has 1 aromatic heterocycles. The highest BCUT2D eigenvalue weighted by molar-refractivity contribution is 8.00. The molecule has 1 aromatic carbocycles. The number of rotatable bonds is 7. The van der Waals surface area contributed by atoms with Gasteiger partial charge in [0, 0.05) is 16.5 Å². The first-order valence-electron chi connectivity index (χ1n) is 7.24. The van der Waals surface area contributed by atoms with Crippen molar-refractivity contribution in [2.45, 2.75) is 16.7 Å². The number of anilines is 1. The molecule has 0 spiro atoms. The first-order valence-corrected chi connectivity index (χ1v) is 10.2. The maximum atomic E-state index is 12.5. The Morgan fingerprint density at radius 2 is 2.00 bits per heavy atom. The zero-order chi connectivity index (χ0) is 19.2. The Labute approximate surface area is 160 Å². The Hall–Kier alpha value is -2.11. The number of ether oxygens (including phenoxy) is 1. The number of sulfonamides is 1. The number of hydrogen-bond donors (Lipinski definition) is 2. The molecule has 0 atom stereocenters. The van der Waals surface area contributed by atoms with Crippen LogP contribution in [0, 0.1) is 6.92 Å². The molecular formula is C14H16ClN5O4S2. The minimum absolute atomic E-state index is 0.00141. The second-order valence-electron chi connectivity index (χ2n) is 4.74. The van der Waals surface area contributed by atoms with Crippen LogP contribution in [0.4, 0.5) is 10.7 Å². The molecule has 0 aliphatic carbocycles. The molecule has 0 fully saturated rings. The van der Waals surface area contributed by atoms with Gasteiger partial charge in [0.1, 0.15) is 10.7 Å². The van der Waals surface area contributed by atoms with Crippen molar-refractivity contribution in [3.05, 3.63) is 30.1 Å². The number of nitrogens with one attached hydrogen (secondary N) is 2. The van der Waals surface area contributed by atoms with Gasteiger partial charge in [0.05, 0.1) is 7.11 Å². The monoisotopic (exact) mass is 417 g/mol. The van der Waals surface area contributed by atoms with Gasteiger partial charge in [-0.2, -0.15) is 15.0 Å². The molecule has 0 saturated heterocycles. The Bertz CT molecular complexity index is 895. The number of benzene rings is 1. The van der Waals surface area contributed by atoms with Gasteiger partial charge in [-0.1, -0.05) is 12.1 Å². The number of hydrogen-bond acceptors (Lipinski definition) is 8. The van der Waals surface area contributed by atoms with Gasteiger partial charge in [-0.25, -0.2) is 17.9 Å². The molecule has 26 heavy (non-hydrogen) atoms. The van der Waals surface area contributed by atoms with Crippen molar-refractivity contribution in [2.75, 3.05) is 24.1 Å². The topological polar surface area (TPSA) is 123 Å². The number of methoxy groups -OCH3 is 1. The number of aryl methyl sites for hydroxylation is 1. The fourth-order valence-electron chi connectivity index (χ4n) is 1.85. The van der Waals surface area contributed by atoms with Crippen molar-refractivity contribution in [3.8, 4) is 6.01 Å². The van der Waals surface area contributed by atoms with Crippen LogP contribution in [-0.4, -0.2) is 48.1 Å².